The number of hydrogen-bond donors (Lipinski definition) is 1. The molecule has 0 spiro atoms. The Labute approximate surface area is 165 Å². The fourth-order valence-electron chi connectivity index (χ4n) is 3.09. The van der Waals surface area contributed by atoms with Crippen LogP contribution in [0.1, 0.15) is 26.5 Å². The maximum atomic E-state index is 12.5. The summed E-state index contributed by atoms with van der Waals surface area (Å²) in [6.07, 6.45) is 0.920. The molecular weight excluding hydrogens is 410 g/mol. The Kier molecular flexibility index (Phi) is 5.15. The van der Waals surface area contributed by atoms with Gasteiger partial charge in [-0.3, -0.25) is 15.0 Å². The summed E-state index contributed by atoms with van der Waals surface area (Å²) < 4.78 is 0.785. The fraction of sp³-hybridized carbons (Fsp3) is 0.200. The van der Waals surface area contributed by atoms with Gasteiger partial charge < -0.3 is 0 Å². The third-order valence-corrected chi connectivity index (χ3v) is 6.09. The summed E-state index contributed by atoms with van der Waals surface area (Å²) in [6.45, 7) is 2.81. The Morgan fingerprint density at radius 1 is 1.15 bits per heavy atom. The van der Waals surface area contributed by atoms with Gasteiger partial charge in [-0.25, -0.2) is 4.98 Å². The highest BCUT2D eigenvalue weighted by molar-refractivity contribution is 9.10. The molecule has 0 bridgehead atoms. The van der Waals surface area contributed by atoms with E-state index in [1.165, 1.54) is 10.4 Å². The van der Waals surface area contributed by atoms with Crippen LogP contribution in [0.4, 0.5) is 5.13 Å². The van der Waals surface area contributed by atoms with Crippen LogP contribution < -0.4 is 5.32 Å². The van der Waals surface area contributed by atoms with E-state index >= 15 is 0 Å². The summed E-state index contributed by atoms with van der Waals surface area (Å²) >= 11 is 5.00. The highest BCUT2D eigenvalue weighted by Crippen LogP contribution is 2.29. The molecule has 0 aliphatic carbocycles. The number of anilines is 1. The normalized spacial score (nSPS) is 14.0. The van der Waals surface area contributed by atoms with E-state index < -0.39 is 0 Å². The summed E-state index contributed by atoms with van der Waals surface area (Å²) in [5.74, 6) is -0.135. The fourth-order valence-corrected chi connectivity index (χ4v) is 4.60. The van der Waals surface area contributed by atoms with Gasteiger partial charge in [-0.05, 0) is 33.6 Å². The zero-order chi connectivity index (χ0) is 17.9. The first kappa shape index (κ1) is 17.4. The van der Waals surface area contributed by atoms with E-state index in [9.17, 15) is 4.79 Å². The predicted molar refractivity (Wildman–Crippen MR) is 108 cm³/mol. The Bertz CT molecular complexity index is 926. The van der Waals surface area contributed by atoms with Crippen LogP contribution in [0.25, 0.3) is 0 Å². The standard InChI is InChI=1S/C20H18BrN3OS/c21-16-9-5-4-8-15(16)19(25)23-20-22-17-10-11-24(13-18(17)26-20)12-14-6-2-1-3-7-14/h1-9H,10-13H2,(H,22,23,25). The second kappa shape index (κ2) is 7.70. The quantitative estimate of drug-likeness (QED) is 0.655. The topological polar surface area (TPSA) is 45.2 Å². The van der Waals surface area contributed by atoms with Crippen LogP contribution in [-0.4, -0.2) is 22.3 Å². The molecule has 1 aromatic heterocycles. The second-order valence-electron chi connectivity index (χ2n) is 6.27. The lowest BCUT2D eigenvalue weighted by molar-refractivity contribution is 0.102. The molecule has 132 valence electrons. The van der Waals surface area contributed by atoms with Crippen LogP contribution in [0, 0.1) is 0 Å². The highest BCUT2D eigenvalue weighted by atomic mass is 79.9. The van der Waals surface area contributed by atoms with Crippen molar-refractivity contribution in [3.63, 3.8) is 0 Å². The molecule has 0 atom stereocenters. The van der Waals surface area contributed by atoms with Gasteiger partial charge in [-0.15, -0.1) is 11.3 Å². The van der Waals surface area contributed by atoms with Crippen LogP contribution >= 0.6 is 27.3 Å². The molecule has 0 unspecified atom stereocenters. The number of fused-ring (bicyclic) bond motifs is 1. The molecule has 0 saturated heterocycles. The molecular formula is C20H18BrN3OS. The molecule has 26 heavy (non-hydrogen) atoms. The first-order valence-corrected chi connectivity index (χ1v) is 10.1. The van der Waals surface area contributed by atoms with Gasteiger partial charge >= 0.3 is 0 Å². The van der Waals surface area contributed by atoms with E-state index in [1.807, 2.05) is 24.3 Å². The Hall–Kier alpha value is -2.02. The zero-order valence-electron chi connectivity index (χ0n) is 14.1. The molecule has 2 heterocycles. The molecule has 1 amide bonds. The number of thiazole rings is 1. The predicted octanol–water partition coefficient (Wildman–Crippen LogP) is 4.72. The van der Waals surface area contributed by atoms with Gasteiger partial charge in [0.25, 0.3) is 5.91 Å². The van der Waals surface area contributed by atoms with Gasteiger partial charge in [0.15, 0.2) is 5.13 Å². The number of amides is 1. The molecule has 1 N–H and O–H groups in total. The minimum atomic E-state index is -0.135. The first-order valence-electron chi connectivity index (χ1n) is 8.50. The van der Waals surface area contributed by atoms with Crippen LogP contribution in [0.15, 0.2) is 59.1 Å². The monoisotopic (exact) mass is 427 g/mol. The maximum Gasteiger partial charge on any atom is 0.258 e. The largest absolute Gasteiger partial charge is 0.298 e. The van der Waals surface area contributed by atoms with Crippen molar-refractivity contribution in [2.24, 2.45) is 0 Å². The van der Waals surface area contributed by atoms with Crippen LogP contribution in [0.5, 0.6) is 0 Å². The smallest absolute Gasteiger partial charge is 0.258 e. The van der Waals surface area contributed by atoms with Crippen LogP contribution in [0.2, 0.25) is 0 Å². The van der Waals surface area contributed by atoms with Gasteiger partial charge in [0.2, 0.25) is 0 Å². The molecule has 2 aromatic carbocycles. The number of halogens is 1. The summed E-state index contributed by atoms with van der Waals surface area (Å²) in [5.41, 5.74) is 3.05. The van der Waals surface area contributed by atoms with E-state index in [2.05, 4.69) is 55.4 Å². The summed E-state index contributed by atoms with van der Waals surface area (Å²) in [4.78, 5) is 20.8. The van der Waals surface area contributed by atoms with Crippen molar-refractivity contribution in [3.05, 3.63) is 80.8 Å². The number of carbonyl (C=O) groups excluding carboxylic acids is 1. The number of aromatic nitrogens is 1. The van der Waals surface area contributed by atoms with E-state index in [0.717, 1.165) is 36.2 Å². The SMILES string of the molecule is O=C(Nc1nc2c(s1)CN(Cc1ccccc1)CC2)c1ccccc1Br. The number of nitrogens with zero attached hydrogens (tertiary/aromatic N) is 2. The molecule has 6 heteroatoms. The van der Waals surface area contributed by atoms with Crippen molar-refractivity contribution in [1.29, 1.82) is 0 Å². The average molecular weight is 428 g/mol. The van der Waals surface area contributed by atoms with Gasteiger partial charge in [0.05, 0.1) is 11.3 Å². The van der Waals surface area contributed by atoms with Crippen molar-refractivity contribution < 1.29 is 4.79 Å². The average Bonchev–Trinajstić information content (AvgIpc) is 3.04. The molecule has 4 rings (SSSR count). The lowest BCUT2D eigenvalue weighted by Crippen LogP contribution is -2.29. The van der Waals surface area contributed by atoms with Crippen molar-refractivity contribution >= 4 is 38.3 Å². The summed E-state index contributed by atoms with van der Waals surface area (Å²) in [6, 6.07) is 17.9. The molecule has 0 fully saturated rings. The van der Waals surface area contributed by atoms with Crippen LogP contribution in [0.3, 0.4) is 0 Å². The Balaban J connectivity index is 1.44. The van der Waals surface area contributed by atoms with Crippen molar-refractivity contribution in [2.75, 3.05) is 11.9 Å². The van der Waals surface area contributed by atoms with Crippen molar-refractivity contribution in [2.45, 2.75) is 19.5 Å². The molecule has 4 nitrogen and oxygen atoms in total. The number of benzene rings is 2. The van der Waals surface area contributed by atoms with Gasteiger partial charge in [0.1, 0.15) is 0 Å². The third kappa shape index (κ3) is 3.87. The van der Waals surface area contributed by atoms with E-state index in [4.69, 9.17) is 0 Å². The zero-order valence-corrected chi connectivity index (χ0v) is 16.5. The number of carbonyl (C=O) groups is 1. The summed E-state index contributed by atoms with van der Waals surface area (Å²) in [5, 5.41) is 3.62. The van der Waals surface area contributed by atoms with Gasteiger partial charge in [-0.2, -0.15) is 0 Å². The van der Waals surface area contributed by atoms with Crippen molar-refractivity contribution in [1.82, 2.24) is 9.88 Å². The molecule has 1 aliphatic rings. The first-order chi connectivity index (χ1) is 12.7. The maximum absolute atomic E-state index is 12.5. The molecule has 1 aliphatic heterocycles. The van der Waals surface area contributed by atoms with Crippen LogP contribution in [-0.2, 0) is 19.5 Å². The molecule has 3 aromatic rings. The van der Waals surface area contributed by atoms with E-state index in [-0.39, 0.29) is 5.91 Å². The molecule has 0 saturated carbocycles. The number of rotatable bonds is 4. The van der Waals surface area contributed by atoms with Gasteiger partial charge in [0, 0.05) is 35.4 Å². The lowest BCUT2D eigenvalue weighted by Gasteiger charge is -2.25. The third-order valence-electron chi connectivity index (χ3n) is 4.40. The Morgan fingerprint density at radius 3 is 2.73 bits per heavy atom. The minimum absolute atomic E-state index is 0.135. The number of nitrogens with one attached hydrogen (secondary N) is 1. The van der Waals surface area contributed by atoms with Crippen molar-refractivity contribution in [3.8, 4) is 0 Å². The minimum Gasteiger partial charge on any atom is -0.298 e. The van der Waals surface area contributed by atoms with Gasteiger partial charge in [-0.1, -0.05) is 42.5 Å². The lowest BCUT2D eigenvalue weighted by atomic mass is 10.1. The summed E-state index contributed by atoms with van der Waals surface area (Å²) in [7, 11) is 0. The Morgan fingerprint density at radius 2 is 1.92 bits per heavy atom. The highest BCUT2D eigenvalue weighted by Gasteiger charge is 2.22. The van der Waals surface area contributed by atoms with E-state index in [1.54, 1.807) is 17.4 Å². The van der Waals surface area contributed by atoms with E-state index in [0.29, 0.717) is 10.7 Å². The molecule has 0 radical (unpaired) electrons. The number of hydrogen-bond acceptors (Lipinski definition) is 4. The second-order valence-corrected chi connectivity index (χ2v) is 8.21.